The van der Waals surface area contributed by atoms with Gasteiger partial charge in [0, 0.05) is 37.8 Å². The third kappa shape index (κ3) is 7.49. The summed E-state index contributed by atoms with van der Waals surface area (Å²) in [4.78, 5) is 52.5. The molecule has 1 unspecified atom stereocenters. The van der Waals surface area contributed by atoms with E-state index in [2.05, 4.69) is 69.5 Å². The summed E-state index contributed by atoms with van der Waals surface area (Å²) in [5, 5.41) is 12.0. The van der Waals surface area contributed by atoms with Crippen LogP contribution in [0.3, 0.4) is 0 Å². The predicted molar refractivity (Wildman–Crippen MR) is 221 cm³/mol. The Kier molecular flexibility index (Phi) is 10.7. The van der Waals surface area contributed by atoms with Gasteiger partial charge < -0.3 is 55.4 Å². The lowest BCUT2D eigenvalue weighted by molar-refractivity contribution is -0.154. The molecule has 5 aliphatic rings. The maximum atomic E-state index is 14.5. The number of aromatic amines is 1. The molecule has 15 nitrogen and oxygen atoms in total. The van der Waals surface area contributed by atoms with Crippen molar-refractivity contribution in [2.45, 2.75) is 82.1 Å². The summed E-state index contributed by atoms with van der Waals surface area (Å²) < 4.78 is 22.8. The average Bonchev–Trinajstić information content (AvgIpc) is 4.13. The molecule has 9 rings (SSSR count). The largest absolute Gasteiger partial charge is 0.453 e. The number of carbonyl (C=O) groups is 3. The van der Waals surface area contributed by atoms with Gasteiger partial charge >= 0.3 is 6.09 Å². The van der Waals surface area contributed by atoms with Crippen molar-refractivity contribution in [2.24, 2.45) is 17.6 Å². The highest BCUT2D eigenvalue weighted by Gasteiger charge is 2.53. The second-order valence-corrected chi connectivity index (χ2v) is 16.8. The highest BCUT2D eigenvalue weighted by atomic mass is 16.7. The standard InChI is InChI=1S/C44H54N8O7/c1-25(2)36(45)41(53)51-16-4-5-34(51)39-46-23-33(48-39)27-8-6-26(7-9-27)29-10-12-31-30(21-29)11-13-32-38(31)49-40(47-32)35-22-44(58-19-20-59-44)24-52(35)42(54)37(50-43(55)56-3)28-14-17-57-18-15-28/h6-13,21,23,25,28,34-37,39,46,48H,4-5,14-20,22,24,45H2,1-3H3,(H,47,49)(H,50,55)/t34-,35-,36-,37-,39?/m0/s1. The minimum Gasteiger partial charge on any atom is -0.453 e. The van der Waals surface area contributed by atoms with Gasteiger partial charge in [-0.15, -0.1) is 0 Å². The molecule has 1 spiro atoms. The maximum Gasteiger partial charge on any atom is 0.407 e. The van der Waals surface area contributed by atoms with Crippen LogP contribution in [0.4, 0.5) is 4.79 Å². The van der Waals surface area contributed by atoms with Gasteiger partial charge in [0.1, 0.15) is 18.0 Å². The molecule has 59 heavy (non-hydrogen) atoms. The number of nitrogens with zero attached hydrogens (tertiary/aromatic N) is 3. The third-order valence-electron chi connectivity index (χ3n) is 12.9. The zero-order chi connectivity index (χ0) is 40.8. The first-order valence-corrected chi connectivity index (χ1v) is 20.9. The number of H-pyrrole nitrogens is 1. The number of hydrogen-bond donors (Lipinski definition) is 5. The van der Waals surface area contributed by atoms with Crippen LogP contribution in [0.15, 0.2) is 60.8 Å². The van der Waals surface area contributed by atoms with E-state index in [1.54, 1.807) is 4.90 Å². The fourth-order valence-corrected chi connectivity index (χ4v) is 9.51. The SMILES string of the molecule is COC(=O)N[C@H](C(=O)N1CC2(C[C@H]1c1nc3ccc4cc(-c5ccc(C6=CNC([C@@H]7CCCN7C(=O)[C@@H](N)C(C)C)N6)cc5)ccc4c3[nH]1)OCCO2)C1CCOCC1. The number of fused-ring (bicyclic) bond motifs is 3. The van der Waals surface area contributed by atoms with Crippen LogP contribution in [0.1, 0.15) is 63.4 Å². The molecular weight excluding hydrogens is 753 g/mol. The van der Waals surface area contributed by atoms with Gasteiger partial charge in [0.25, 0.3) is 0 Å². The maximum absolute atomic E-state index is 14.5. The Morgan fingerprint density at radius 3 is 2.42 bits per heavy atom. The Morgan fingerprint density at radius 1 is 0.932 bits per heavy atom. The van der Waals surface area contributed by atoms with E-state index in [0.29, 0.717) is 51.5 Å². The monoisotopic (exact) mass is 806 g/mol. The van der Waals surface area contributed by atoms with Gasteiger partial charge in [-0.3, -0.25) is 9.59 Å². The molecule has 5 aliphatic heterocycles. The number of hydrogen-bond acceptors (Lipinski definition) is 11. The lowest BCUT2D eigenvalue weighted by Gasteiger charge is -2.34. The fourth-order valence-electron chi connectivity index (χ4n) is 9.51. The quantitative estimate of drug-likeness (QED) is 0.162. The van der Waals surface area contributed by atoms with Crippen LogP contribution in [-0.2, 0) is 28.5 Å². The van der Waals surface area contributed by atoms with Crippen LogP contribution in [0.2, 0.25) is 0 Å². The van der Waals surface area contributed by atoms with E-state index in [1.807, 2.05) is 31.0 Å². The molecule has 0 saturated carbocycles. The van der Waals surface area contributed by atoms with E-state index in [4.69, 9.17) is 29.7 Å². The van der Waals surface area contributed by atoms with Crippen LogP contribution in [0, 0.1) is 11.8 Å². The first-order chi connectivity index (χ1) is 28.6. The van der Waals surface area contributed by atoms with Crippen molar-refractivity contribution in [1.29, 1.82) is 0 Å². The zero-order valence-corrected chi connectivity index (χ0v) is 33.9. The second kappa shape index (κ2) is 16.1. The van der Waals surface area contributed by atoms with Gasteiger partial charge in [0.2, 0.25) is 11.8 Å². The number of likely N-dealkylation sites (tertiary alicyclic amines) is 2. The molecule has 3 amide bonds. The number of methoxy groups -OCH3 is 1. The van der Waals surface area contributed by atoms with Crippen LogP contribution < -0.4 is 21.7 Å². The zero-order valence-electron chi connectivity index (χ0n) is 33.9. The van der Waals surface area contributed by atoms with Gasteiger partial charge in [-0.05, 0) is 71.7 Å². The Morgan fingerprint density at radius 2 is 1.68 bits per heavy atom. The van der Waals surface area contributed by atoms with E-state index < -0.39 is 30.0 Å². The average molecular weight is 807 g/mol. The number of amides is 3. The molecule has 0 aliphatic carbocycles. The van der Waals surface area contributed by atoms with E-state index in [9.17, 15) is 14.4 Å². The summed E-state index contributed by atoms with van der Waals surface area (Å²) in [6, 6.07) is 17.3. The van der Waals surface area contributed by atoms with Gasteiger partial charge in [-0.2, -0.15) is 0 Å². The minimum absolute atomic E-state index is 0.0218. The number of aromatic nitrogens is 2. The summed E-state index contributed by atoms with van der Waals surface area (Å²) >= 11 is 0. The molecule has 4 fully saturated rings. The highest BCUT2D eigenvalue weighted by Crippen LogP contribution is 2.43. The van der Waals surface area contributed by atoms with Crippen molar-refractivity contribution in [3.8, 4) is 11.1 Å². The van der Waals surface area contributed by atoms with Crippen molar-refractivity contribution >= 4 is 45.4 Å². The summed E-state index contributed by atoms with van der Waals surface area (Å²) in [6.07, 6.45) is 4.86. The van der Waals surface area contributed by atoms with Gasteiger partial charge in [-0.25, -0.2) is 9.78 Å². The number of rotatable bonds is 9. The molecule has 6 heterocycles. The lowest BCUT2D eigenvalue weighted by atomic mass is 9.90. The lowest BCUT2D eigenvalue weighted by Crippen LogP contribution is -2.55. The van der Waals surface area contributed by atoms with Gasteiger partial charge in [-0.1, -0.05) is 56.3 Å². The molecule has 5 atom stereocenters. The third-order valence-corrected chi connectivity index (χ3v) is 12.9. The minimum atomic E-state index is -0.945. The predicted octanol–water partition coefficient (Wildman–Crippen LogP) is 4.34. The van der Waals surface area contributed by atoms with Crippen molar-refractivity contribution in [3.63, 3.8) is 0 Å². The van der Waals surface area contributed by atoms with E-state index in [1.165, 1.54) is 7.11 Å². The topological polar surface area (TPSA) is 185 Å². The summed E-state index contributed by atoms with van der Waals surface area (Å²) in [5.41, 5.74) is 12.1. The fraction of sp³-hybridized carbons (Fsp3) is 0.500. The molecule has 0 radical (unpaired) electrons. The van der Waals surface area contributed by atoms with Gasteiger partial charge in [0.05, 0.1) is 61.7 Å². The van der Waals surface area contributed by atoms with Crippen molar-refractivity contribution in [3.05, 3.63) is 72.2 Å². The first-order valence-electron chi connectivity index (χ1n) is 20.9. The molecule has 6 N–H and O–H groups in total. The normalized spacial score (nSPS) is 24.1. The first kappa shape index (κ1) is 39.3. The van der Waals surface area contributed by atoms with E-state index >= 15 is 0 Å². The smallest absolute Gasteiger partial charge is 0.407 e. The number of carbonyl (C=O) groups excluding carboxylic acids is 3. The molecule has 3 aromatic carbocycles. The van der Waals surface area contributed by atoms with Crippen LogP contribution in [-0.4, -0.2) is 114 Å². The summed E-state index contributed by atoms with van der Waals surface area (Å²) in [6.45, 7) is 6.85. The molecule has 312 valence electrons. The molecule has 1 aromatic heterocycles. The molecular formula is C44H54N8O7. The van der Waals surface area contributed by atoms with Crippen LogP contribution in [0.5, 0.6) is 0 Å². The number of alkyl carbamates (subject to hydrolysis) is 1. The van der Waals surface area contributed by atoms with Crippen LogP contribution in [0.25, 0.3) is 38.6 Å². The van der Waals surface area contributed by atoms with Crippen molar-refractivity contribution in [1.82, 2.24) is 35.7 Å². The van der Waals surface area contributed by atoms with Crippen molar-refractivity contribution < 1.29 is 33.3 Å². The summed E-state index contributed by atoms with van der Waals surface area (Å²) in [5.74, 6) is -0.527. The molecule has 4 aromatic rings. The molecule has 0 bridgehead atoms. The Bertz CT molecular complexity index is 2250. The van der Waals surface area contributed by atoms with Gasteiger partial charge in [0.15, 0.2) is 5.79 Å². The second-order valence-electron chi connectivity index (χ2n) is 16.8. The summed E-state index contributed by atoms with van der Waals surface area (Å²) in [7, 11) is 1.30. The Labute approximate surface area is 343 Å². The number of benzene rings is 3. The van der Waals surface area contributed by atoms with Crippen molar-refractivity contribution in [2.75, 3.05) is 46.6 Å². The van der Waals surface area contributed by atoms with E-state index in [-0.39, 0.29) is 42.4 Å². The number of ether oxygens (including phenoxy) is 4. The number of nitrogens with two attached hydrogens (primary N) is 1. The Balaban J connectivity index is 0.933. The van der Waals surface area contributed by atoms with E-state index in [0.717, 1.165) is 63.6 Å². The number of imidazole rings is 1. The highest BCUT2D eigenvalue weighted by molar-refractivity contribution is 6.05. The van der Waals surface area contributed by atoms with Crippen LogP contribution >= 0.6 is 0 Å². The molecule has 15 heteroatoms. The molecule has 4 saturated heterocycles. The Hall–Kier alpha value is -5.22. The number of nitrogens with one attached hydrogen (secondary N) is 4.